The summed E-state index contributed by atoms with van der Waals surface area (Å²) in [5.74, 6) is -1.28. The Morgan fingerprint density at radius 1 is 1.11 bits per heavy atom. The fourth-order valence-electron chi connectivity index (χ4n) is 2.47. The molecule has 0 spiro atoms. The molecule has 0 fully saturated rings. The Bertz CT molecular complexity index is 1080. The number of hydrogen-bond acceptors (Lipinski definition) is 3. The van der Waals surface area contributed by atoms with Crippen LogP contribution in [0.15, 0.2) is 70.7 Å². The van der Waals surface area contributed by atoms with Crippen molar-refractivity contribution in [2.24, 2.45) is 5.10 Å². The Morgan fingerprint density at radius 3 is 2.57 bits per heavy atom. The lowest BCUT2D eigenvalue weighted by molar-refractivity contribution is 0.0953. The van der Waals surface area contributed by atoms with Crippen molar-refractivity contribution in [3.05, 3.63) is 104 Å². The van der Waals surface area contributed by atoms with Crippen molar-refractivity contribution in [3.8, 4) is 0 Å². The Labute approximate surface area is 170 Å². The minimum atomic E-state index is -0.709. The van der Waals surface area contributed by atoms with E-state index in [0.29, 0.717) is 5.02 Å². The summed E-state index contributed by atoms with van der Waals surface area (Å²) in [6.45, 7) is 0.283. The molecule has 1 heterocycles. The van der Waals surface area contributed by atoms with E-state index in [1.165, 1.54) is 28.8 Å². The van der Waals surface area contributed by atoms with Crippen molar-refractivity contribution in [2.75, 3.05) is 0 Å². The zero-order chi connectivity index (χ0) is 20.1. The van der Waals surface area contributed by atoms with Crippen LogP contribution in [0.4, 0.5) is 4.39 Å². The highest BCUT2D eigenvalue weighted by Crippen LogP contribution is 2.16. The number of aromatic nitrogens is 1. The summed E-state index contributed by atoms with van der Waals surface area (Å²) in [6.07, 6.45) is 2.67. The van der Waals surface area contributed by atoms with Gasteiger partial charge in [-0.05, 0) is 42.0 Å². The first-order chi connectivity index (χ1) is 13.5. The highest BCUT2D eigenvalue weighted by Gasteiger charge is 2.12. The lowest BCUT2D eigenvalue weighted by atomic mass is 10.2. The summed E-state index contributed by atoms with van der Waals surface area (Å²) in [4.78, 5) is 24.9. The largest absolute Gasteiger partial charge is 0.310 e. The van der Waals surface area contributed by atoms with Gasteiger partial charge in [-0.3, -0.25) is 9.59 Å². The van der Waals surface area contributed by atoms with Crippen molar-refractivity contribution in [3.63, 3.8) is 0 Å². The van der Waals surface area contributed by atoms with E-state index in [2.05, 4.69) is 10.5 Å². The lowest BCUT2D eigenvalue weighted by Crippen LogP contribution is -2.30. The van der Waals surface area contributed by atoms with Crippen LogP contribution in [0.25, 0.3) is 0 Å². The Hall–Kier alpha value is -2.96. The summed E-state index contributed by atoms with van der Waals surface area (Å²) < 4.78 is 15.1. The first-order valence-corrected chi connectivity index (χ1v) is 8.92. The second-order valence-electron chi connectivity index (χ2n) is 5.82. The second kappa shape index (κ2) is 8.82. The van der Waals surface area contributed by atoms with Crippen molar-refractivity contribution in [2.45, 2.75) is 6.54 Å². The first-order valence-electron chi connectivity index (χ1n) is 8.17. The molecule has 3 rings (SSSR count). The van der Waals surface area contributed by atoms with Gasteiger partial charge in [0.15, 0.2) is 0 Å². The van der Waals surface area contributed by atoms with Crippen LogP contribution in [-0.2, 0) is 6.54 Å². The van der Waals surface area contributed by atoms with Crippen LogP contribution < -0.4 is 11.0 Å². The molecule has 0 bridgehead atoms. The van der Waals surface area contributed by atoms with E-state index in [9.17, 15) is 14.0 Å². The fraction of sp³-hybridized carbons (Fsp3) is 0.0500. The van der Waals surface area contributed by atoms with Gasteiger partial charge in [0.05, 0.1) is 17.8 Å². The minimum absolute atomic E-state index is 0.0395. The molecule has 0 saturated carbocycles. The molecule has 2 aromatic carbocycles. The number of halogens is 3. The van der Waals surface area contributed by atoms with E-state index in [1.54, 1.807) is 36.5 Å². The van der Waals surface area contributed by atoms with E-state index in [1.807, 2.05) is 0 Å². The third-order valence-electron chi connectivity index (χ3n) is 3.89. The summed E-state index contributed by atoms with van der Waals surface area (Å²) in [7, 11) is 0. The highest BCUT2D eigenvalue weighted by molar-refractivity contribution is 6.33. The van der Waals surface area contributed by atoms with E-state index >= 15 is 0 Å². The monoisotopic (exact) mass is 417 g/mol. The molecular formula is C20H14Cl2FN3O2. The molecule has 5 nitrogen and oxygen atoms in total. The van der Waals surface area contributed by atoms with Crippen LogP contribution in [0.3, 0.4) is 0 Å². The summed E-state index contributed by atoms with van der Waals surface area (Å²) in [5, 5.41) is 4.44. The molecule has 0 aliphatic heterocycles. The summed E-state index contributed by atoms with van der Waals surface area (Å²) >= 11 is 11.7. The Morgan fingerprint density at radius 2 is 1.86 bits per heavy atom. The van der Waals surface area contributed by atoms with E-state index in [0.717, 1.165) is 11.8 Å². The molecule has 0 aliphatic rings. The third kappa shape index (κ3) is 4.65. The third-order valence-corrected chi connectivity index (χ3v) is 4.47. The number of hydrazone groups is 1. The maximum atomic E-state index is 13.7. The molecule has 0 unspecified atom stereocenters. The van der Waals surface area contributed by atoms with Gasteiger partial charge < -0.3 is 4.57 Å². The molecule has 0 atom stereocenters. The van der Waals surface area contributed by atoms with Gasteiger partial charge in [0.25, 0.3) is 11.5 Å². The number of nitrogens with zero attached hydrogens (tertiary/aromatic N) is 2. The number of benzene rings is 2. The zero-order valence-electron chi connectivity index (χ0n) is 14.4. The second-order valence-corrected chi connectivity index (χ2v) is 6.66. The van der Waals surface area contributed by atoms with Crippen LogP contribution in [0, 0.1) is 5.82 Å². The summed E-state index contributed by atoms with van der Waals surface area (Å²) in [5.41, 5.74) is 2.55. The van der Waals surface area contributed by atoms with Crippen molar-refractivity contribution in [1.29, 1.82) is 0 Å². The van der Waals surface area contributed by atoms with E-state index in [4.69, 9.17) is 23.2 Å². The SMILES string of the molecule is O=C(N/N=C\c1c(F)cccc1Cl)c1cccn(Cc2ccc(Cl)cc2)c1=O. The zero-order valence-corrected chi connectivity index (χ0v) is 15.9. The van der Waals surface area contributed by atoms with Crippen LogP contribution in [0.2, 0.25) is 10.0 Å². The smallest absolute Gasteiger partial charge is 0.276 e. The molecule has 1 N–H and O–H groups in total. The molecule has 1 amide bonds. The van der Waals surface area contributed by atoms with Gasteiger partial charge in [0.2, 0.25) is 0 Å². The predicted molar refractivity (Wildman–Crippen MR) is 108 cm³/mol. The van der Waals surface area contributed by atoms with Gasteiger partial charge in [0, 0.05) is 16.8 Å². The molecule has 8 heteroatoms. The van der Waals surface area contributed by atoms with Crippen molar-refractivity contribution < 1.29 is 9.18 Å². The van der Waals surface area contributed by atoms with Gasteiger partial charge in [-0.1, -0.05) is 41.4 Å². The number of amides is 1. The molecule has 0 radical (unpaired) electrons. The maximum Gasteiger partial charge on any atom is 0.276 e. The molecule has 1 aromatic heterocycles. The quantitative estimate of drug-likeness (QED) is 0.501. The van der Waals surface area contributed by atoms with Gasteiger partial charge in [-0.25, -0.2) is 9.82 Å². The number of rotatable bonds is 5. The van der Waals surface area contributed by atoms with Crippen LogP contribution in [-0.4, -0.2) is 16.7 Å². The number of carbonyl (C=O) groups excluding carboxylic acids is 1. The predicted octanol–water partition coefficient (Wildman–Crippen LogP) is 4.11. The standard InChI is InChI=1S/C20H14Cl2FN3O2/c21-14-8-6-13(7-9-14)12-26-10-2-3-15(20(26)28)19(27)25-24-11-16-17(22)4-1-5-18(16)23/h1-11H,12H2,(H,25,27)/b24-11-. The van der Waals surface area contributed by atoms with E-state index in [-0.39, 0.29) is 22.7 Å². The Kier molecular flexibility index (Phi) is 6.23. The summed E-state index contributed by atoms with van der Waals surface area (Å²) in [6, 6.07) is 14.2. The topological polar surface area (TPSA) is 63.5 Å². The molecule has 0 aliphatic carbocycles. The molecule has 28 heavy (non-hydrogen) atoms. The molecule has 0 saturated heterocycles. The number of pyridine rings is 1. The maximum absolute atomic E-state index is 13.7. The number of hydrogen-bond donors (Lipinski definition) is 1. The number of carbonyl (C=O) groups is 1. The number of nitrogens with one attached hydrogen (secondary N) is 1. The average Bonchev–Trinajstić information content (AvgIpc) is 2.67. The Balaban J connectivity index is 1.76. The first kappa shape index (κ1) is 19.8. The minimum Gasteiger partial charge on any atom is -0.310 e. The highest BCUT2D eigenvalue weighted by atomic mass is 35.5. The molecule has 3 aromatic rings. The van der Waals surface area contributed by atoms with Crippen molar-refractivity contribution in [1.82, 2.24) is 9.99 Å². The van der Waals surface area contributed by atoms with Crippen LogP contribution >= 0.6 is 23.2 Å². The average molecular weight is 418 g/mol. The van der Waals surface area contributed by atoms with Gasteiger partial charge in [-0.15, -0.1) is 0 Å². The lowest BCUT2D eigenvalue weighted by Gasteiger charge is -2.08. The van der Waals surface area contributed by atoms with Crippen LogP contribution in [0.1, 0.15) is 21.5 Å². The van der Waals surface area contributed by atoms with Gasteiger partial charge >= 0.3 is 0 Å². The molecule has 142 valence electrons. The van der Waals surface area contributed by atoms with Gasteiger partial charge in [-0.2, -0.15) is 5.10 Å². The van der Waals surface area contributed by atoms with Crippen molar-refractivity contribution >= 4 is 35.3 Å². The van der Waals surface area contributed by atoms with Gasteiger partial charge in [0.1, 0.15) is 11.4 Å². The fourth-order valence-corrected chi connectivity index (χ4v) is 2.81. The van der Waals surface area contributed by atoms with Crippen LogP contribution in [0.5, 0.6) is 0 Å². The van der Waals surface area contributed by atoms with E-state index < -0.39 is 17.3 Å². The normalized spacial score (nSPS) is 11.0. The molecular weight excluding hydrogens is 404 g/mol.